The van der Waals surface area contributed by atoms with Crippen molar-refractivity contribution in [2.24, 2.45) is 0 Å². The number of hydrogen-bond acceptors (Lipinski definition) is 2. The lowest BCUT2D eigenvalue weighted by molar-refractivity contribution is 0.0976. The van der Waals surface area contributed by atoms with E-state index in [0.29, 0.717) is 6.42 Å². The highest BCUT2D eigenvalue weighted by atomic mass is 79.9. The molecular weight excluding hydrogens is 374 g/mol. The van der Waals surface area contributed by atoms with Crippen LogP contribution in [0.15, 0.2) is 83.3 Å². The normalized spacial score (nSPS) is 11.8. The van der Waals surface area contributed by atoms with E-state index in [1.807, 2.05) is 73.7 Å². The maximum absolute atomic E-state index is 12.7. The summed E-state index contributed by atoms with van der Waals surface area (Å²) in [6.45, 7) is 2.02. The van der Waals surface area contributed by atoms with Crippen LogP contribution in [0.1, 0.15) is 33.9 Å². The van der Waals surface area contributed by atoms with E-state index in [1.54, 1.807) is 0 Å². The van der Waals surface area contributed by atoms with Crippen LogP contribution >= 0.6 is 15.9 Å². The van der Waals surface area contributed by atoms with Gasteiger partial charge in [-0.15, -0.1) is 0 Å². The molecule has 0 radical (unpaired) electrons. The van der Waals surface area contributed by atoms with Crippen molar-refractivity contribution in [3.05, 3.63) is 100 Å². The SMILES string of the molecule is Cc1ccc(C(=O)C[C@@H](Nc2cccc(Br)c2)c2ccccc2)cc1. The van der Waals surface area contributed by atoms with Crippen molar-refractivity contribution >= 4 is 27.4 Å². The molecule has 0 aliphatic carbocycles. The van der Waals surface area contributed by atoms with Crippen molar-refractivity contribution < 1.29 is 4.79 Å². The Morgan fingerprint density at radius 3 is 2.36 bits per heavy atom. The quantitative estimate of drug-likeness (QED) is 0.506. The van der Waals surface area contributed by atoms with Gasteiger partial charge in [0.2, 0.25) is 0 Å². The fourth-order valence-corrected chi connectivity index (χ4v) is 3.16. The van der Waals surface area contributed by atoms with Gasteiger partial charge >= 0.3 is 0 Å². The average molecular weight is 394 g/mol. The Kier molecular flexibility index (Phi) is 5.67. The van der Waals surface area contributed by atoms with Gasteiger partial charge in [0.1, 0.15) is 0 Å². The van der Waals surface area contributed by atoms with E-state index in [9.17, 15) is 4.79 Å². The lowest BCUT2D eigenvalue weighted by atomic mass is 9.97. The summed E-state index contributed by atoms with van der Waals surface area (Å²) in [6, 6.07) is 25.8. The number of nitrogens with one attached hydrogen (secondary N) is 1. The van der Waals surface area contributed by atoms with Crippen molar-refractivity contribution in [2.45, 2.75) is 19.4 Å². The fourth-order valence-electron chi connectivity index (χ4n) is 2.76. The first-order valence-electron chi connectivity index (χ1n) is 8.29. The minimum absolute atomic E-state index is 0.0793. The topological polar surface area (TPSA) is 29.1 Å². The largest absolute Gasteiger partial charge is 0.378 e. The molecule has 0 fully saturated rings. The number of hydrogen-bond donors (Lipinski definition) is 1. The van der Waals surface area contributed by atoms with Crippen LogP contribution in [0.4, 0.5) is 5.69 Å². The van der Waals surface area contributed by atoms with E-state index < -0.39 is 0 Å². The molecule has 0 aliphatic rings. The van der Waals surface area contributed by atoms with Gasteiger partial charge in [-0.1, -0.05) is 82.2 Å². The molecule has 3 heteroatoms. The van der Waals surface area contributed by atoms with E-state index in [1.165, 1.54) is 0 Å². The molecule has 0 bridgehead atoms. The van der Waals surface area contributed by atoms with Gasteiger partial charge in [0, 0.05) is 22.1 Å². The van der Waals surface area contributed by atoms with Crippen LogP contribution in [0.5, 0.6) is 0 Å². The molecule has 0 aliphatic heterocycles. The Labute approximate surface area is 157 Å². The number of halogens is 1. The Balaban J connectivity index is 1.83. The predicted octanol–water partition coefficient (Wildman–Crippen LogP) is 6.18. The summed E-state index contributed by atoms with van der Waals surface area (Å²) >= 11 is 3.50. The number of anilines is 1. The second-order valence-corrected chi connectivity index (χ2v) is 7.03. The Hall–Kier alpha value is -2.39. The van der Waals surface area contributed by atoms with E-state index in [4.69, 9.17) is 0 Å². The summed E-state index contributed by atoms with van der Waals surface area (Å²) in [4.78, 5) is 12.7. The third kappa shape index (κ3) is 4.80. The highest BCUT2D eigenvalue weighted by molar-refractivity contribution is 9.10. The van der Waals surface area contributed by atoms with Crippen molar-refractivity contribution in [2.75, 3.05) is 5.32 Å². The molecule has 1 N–H and O–H groups in total. The summed E-state index contributed by atoms with van der Waals surface area (Å²) in [5.41, 5.74) is 3.99. The van der Waals surface area contributed by atoms with E-state index in [-0.39, 0.29) is 11.8 Å². The summed E-state index contributed by atoms with van der Waals surface area (Å²) in [5, 5.41) is 3.50. The van der Waals surface area contributed by atoms with Gasteiger partial charge in [0.05, 0.1) is 6.04 Å². The molecule has 3 aromatic rings. The van der Waals surface area contributed by atoms with Crippen molar-refractivity contribution in [3.63, 3.8) is 0 Å². The Morgan fingerprint density at radius 1 is 0.960 bits per heavy atom. The van der Waals surface area contributed by atoms with Gasteiger partial charge in [0.15, 0.2) is 5.78 Å². The zero-order valence-corrected chi connectivity index (χ0v) is 15.7. The van der Waals surface area contributed by atoms with Crippen LogP contribution in [0.25, 0.3) is 0 Å². The second-order valence-electron chi connectivity index (χ2n) is 6.11. The number of aryl methyl sites for hydroxylation is 1. The number of Topliss-reactive ketones (excluding diaryl/α,β-unsaturated/α-hetero) is 1. The molecule has 126 valence electrons. The lowest BCUT2D eigenvalue weighted by Crippen LogP contribution is -2.15. The van der Waals surface area contributed by atoms with Gasteiger partial charge in [-0.2, -0.15) is 0 Å². The zero-order chi connectivity index (χ0) is 17.6. The molecule has 0 spiro atoms. The monoisotopic (exact) mass is 393 g/mol. The third-order valence-corrected chi connectivity index (χ3v) is 4.62. The summed E-state index contributed by atoms with van der Waals surface area (Å²) in [5.74, 6) is 0.136. The molecule has 3 aromatic carbocycles. The fraction of sp³-hybridized carbons (Fsp3) is 0.136. The predicted molar refractivity (Wildman–Crippen MR) is 107 cm³/mol. The molecule has 0 heterocycles. The van der Waals surface area contributed by atoms with E-state index in [0.717, 1.165) is 26.9 Å². The first kappa shape index (κ1) is 17.4. The number of rotatable bonds is 6. The van der Waals surface area contributed by atoms with Gasteiger partial charge in [-0.3, -0.25) is 4.79 Å². The highest BCUT2D eigenvalue weighted by Gasteiger charge is 2.17. The molecule has 25 heavy (non-hydrogen) atoms. The molecule has 1 atom stereocenters. The van der Waals surface area contributed by atoms with E-state index in [2.05, 4.69) is 33.4 Å². The van der Waals surface area contributed by atoms with Crippen LogP contribution in [-0.2, 0) is 0 Å². The third-order valence-electron chi connectivity index (χ3n) is 4.13. The first-order chi connectivity index (χ1) is 12.1. The summed E-state index contributed by atoms with van der Waals surface area (Å²) in [7, 11) is 0. The lowest BCUT2D eigenvalue weighted by Gasteiger charge is -2.20. The van der Waals surface area contributed by atoms with Crippen LogP contribution in [0, 0.1) is 6.92 Å². The first-order valence-corrected chi connectivity index (χ1v) is 9.08. The molecule has 0 saturated heterocycles. The number of benzene rings is 3. The minimum atomic E-state index is -0.0793. The highest BCUT2D eigenvalue weighted by Crippen LogP contribution is 2.26. The van der Waals surface area contributed by atoms with Crippen molar-refractivity contribution in [1.82, 2.24) is 0 Å². The zero-order valence-electron chi connectivity index (χ0n) is 14.1. The Morgan fingerprint density at radius 2 is 1.68 bits per heavy atom. The molecule has 3 rings (SSSR count). The molecule has 2 nitrogen and oxygen atoms in total. The standard InChI is InChI=1S/C22H20BrNO/c1-16-10-12-18(13-11-16)22(25)15-21(17-6-3-2-4-7-17)24-20-9-5-8-19(23)14-20/h2-14,21,24H,15H2,1H3/t21-/m1/s1. The van der Waals surface area contributed by atoms with Crippen LogP contribution in [0.2, 0.25) is 0 Å². The maximum Gasteiger partial charge on any atom is 0.165 e. The maximum atomic E-state index is 12.7. The summed E-state index contributed by atoms with van der Waals surface area (Å²) in [6.07, 6.45) is 0.402. The molecule has 0 amide bonds. The number of ketones is 1. The average Bonchev–Trinajstić information content (AvgIpc) is 2.62. The van der Waals surface area contributed by atoms with Crippen LogP contribution in [-0.4, -0.2) is 5.78 Å². The second kappa shape index (κ2) is 8.13. The number of carbonyl (C=O) groups is 1. The van der Waals surface area contributed by atoms with E-state index >= 15 is 0 Å². The van der Waals surface area contributed by atoms with Gasteiger partial charge in [-0.25, -0.2) is 0 Å². The van der Waals surface area contributed by atoms with Crippen LogP contribution < -0.4 is 5.32 Å². The Bertz CT molecular complexity index is 843. The molecule has 0 unspecified atom stereocenters. The van der Waals surface area contributed by atoms with Gasteiger partial charge in [0.25, 0.3) is 0 Å². The van der Waals surface area contributed by atoms with Crippen LogP contribution in [0.3, 0.4) is 0 Å². The molecule has 0 aromatic heterocycles. The molecular formula is C22H20BrNO. The van der Waals surface area contributed by atoms with Gasteiger partial charge in [-0.05, 0) is 30.7 Å². The smallest absolute Gasteiger partial charge is 0.165 e. The molecule has 0 saturated carbocycles. The van der Waals surface area contributed by atoms with Gasteiger partial charge < -0.3 is 5.32 Å². The minimum Gasteiger partial charge on any atom is -0.378 e. The van der Waals surface area contributed by atoms with Crippen molar-refractivity contribution in [1.29, 1.82) is 0 Å². The summed E-state index contributed by atoms with van der Waals surface area (Å²) < 4.78 is 1.01. The number of carbonyl (C=O) groups excluding carboxylic acids is 1. The van der Waals surface area contributed by atoms with Crippen molar-refractivity contribution in [3.8, 4) is 0 Å².